The van der Waals surface area contributed by atoms with E-state index in [9.17, 15) is 22.4 Å². The van der Waals surface area contributed by atoms with Crippen LogP contribution in [-0.2, 0) is 26.2 Å². The van der Waals surface area contributed by atoms with Gasteiger partial charge in [-0.05, 0) is 51.1 Å². The zero-order valence-corrected chi connectivity index (χ0v) is 22.7. The molecule has 8 nitrogen and oxygen atoms in total. The fourth-order valence-electron chi connectivity index (χ4n) is 3.85. The molecule has 0 aliphatic carbocycles. The number of anilines is 1. The maximum Gasteiger partial charge on any atom is 0.264 e. The largest absolute Gasteiger partial charge is 0.497 e. The lowest BCUT2D eigenvalue weighted by atomic mass is 10.1. The van der Waals surface area contributed by atoms with Gasteiger partial charge in [-0.2, -0.15) is 0 Å². The molecule has 38 heavy (non-hydrogen) atoms. The number of hydrogen-bond acceptors (Lipinski definition) is 5. The minimum absolute atomic E-state index is 0.00357. The topological polar surface area (TPSA) is 96.0 Å². The molecule has 1 atom stereocenters. The van der Waals surface area contributed by atoms with Crippen LogP contribution in [0.15, 0.2) is 77.7 Å². The summed E-state index contributed by atoms with van der Waals surface area (Å²) in [5.41, 5.74) is 1.28. The highest BCUT2D eigenvalue weighted by Gasteiger charge is 2.33. The highest BCUT2D eigenvalue weighted by Crippen LogP contribution is 2.28. The summed E-state index contributed by atoms with van der Waals surface area (Å²) in [5, 5.41) is 2.67. The lowest BCUT2D eigenvalue weighted by Gasteiger charge is -2.32. The van der Waals surface area contributed by atoms with Gasteiger partial charge in [-0.1, -0.05) is 42.0 Å². The van der Waals surface area contributed by atoms with E-state index in [1.54, 1.807) is 43.3 Å². The van der Waals surface area contributed by atoms with Crippen molar-refractivity contribution in [2.24, 2.45) is 0 Å². The van der Waals surface area contributed by atoms with Crippen LogP contribution in [-0.4, -0.2) is 51.4 Å². The van der Waals surface area contributed by atoms with Crippen molar-refractivity contribution in [1.29, 1.82) is 0 Å². The van der Waals surface area contributed by atoms with E-state index >= 15 is 0 Å². The molecule has 0 heterocycles. The second kappa shape index (κ2) is 12.6. The number of methoxy groups -OCH3 is 1. The van der Waals surface area contributed by atoms with Crippen LogP contribution in [0.1, 0.15) is 25.0 Å². The number of nitrogens with one attached hydrogen (secondary N) is 1. The third-order valence-corrected chi connectivity index (χ3v) is 7.83. The predicted octanol–water partition coefficient (Wildman–Crippen LogP) is 3.89. The van der Waals surface area contributed by atoms with Gasteiger partial charge >= 0.3 is 0 Å². The highest BCUT2D eigenvalue weighted by molar-refractivity contribution is 7.92. The number of nitrogens with zero attached hydrogens (tertiary/aromatic N) is 2. The number of amides is 2. The first-order valence-electron chi connectivity index (χ1n) is 12.1. The molecule has 0 spiro atoms. The molecule has 1 N–H and O–H groups in total. The summed E-state index contributed by atoms with van der Waals surface area (Å²) in [6.07, 6.45) is 0. The molecule has 0 aliphatic rings. The van der Waals surface area contributed by atoms with E-state index in [4.69, 9.17) is 4.74 Å². The van der Waals surface area contributed by atoms with Crippen molar-refractivity contribution in [3.8, 4) is 5.75 Å². The Morgan fingerprint density at radius 1 is 1.03 bits per heavy atom. The molecule has 0 radical (unpaired) electrons. The summed E-state index contributed by atoms with van der Waals surface area (Å²) in [6.45, 7) is 4.59. The smallest absolute Gasteiger partial charge is 0.264 e. The molecule has 3 aromatic carbocycles. The Balaban J connectivity index is 2.06. The van der Waals surface area contributed by atoms with E-state index in [1.807, 2.05) is 6.92 Å². The van der Waals surface area contributed by atoms with Gasteiger partial charge in [0.05, 0.1) is 17.7 Å². The van der Waals surface area contributed by atoms with Crippen LogP contribution < -0.4 is 14.4 Å². The van der Waals surface area contributed by atoms with Gasteiger partial charge in [0, 0.05) is 24.7 Å². The van der Waals surface area contributed by atoms with Crippen LogP contribution >= 0.6 is 0 Å². The van der Waals surface area contributed by atoms with E-state index < -0.39 is 40.2 Å². The normalized spacial score (nSPS) is 11.9. The van der Waals surface area contributed by atoms with Gasteiger partial charge < -0.3 is 15.0 Å². The van der Waals surface area contributed by atoms with E-state index in [-0.39, 0.29) is 22.7 Å². The molecule has 0 saturated carbocycles. The molecule has 2 amide bonds. The number of rotatable bonds is 11. The Labute approximate surface area is 223 Å². The fourth-order valence-corrected chi connectivity index (χ4v) is 5.25. The summed E-state index contributed by atoms with van der Waals surface area (Å²) >= 11 is 0. The summed E-state index contributed by atoms with van der Waals surface area (Å²) < 4.78 is 48.4. The lowest BCUT2D eigenvalue weighted by molar-refractivity contribution is -0.139. The van der Waals surface area contributed by atoms with E-state index in [2.05, 4.69) is 5.32 Å². The molecule has 3 aromatic rings. The third-order valence-electron chi connectivity index (χ3n) is 6.05. The number of likely N-dealkylation sites (N-methyl/N-ethyl adjacent to an activating group) is 1. The SMILES string of the molecule is CCNC(=O)[C@H](C)N(Cc1ccccc1F)C(=O)CN(c1cccc(OC)c1)S(=O)(=O)c1ccc(C)cc1. The molecule has 0 aromatic heterocycles. The molecule has 0 unspecified atom stereocenters. The van der Waals surface area contributed by atoms with Crippen LogP contribution in [0.2, 0.25) is 0 Å². The van der Waals surface area contributed by atoms with Gasteiger partial charge in [0.1, 0.15) is 24.2 Å². The van der Waals surface area contributed by atoms with Crippen LogP contribution in [0, 0.1) is 12.7 Å². The molecular formula is C28H32FN3O5S. The lowest BCUT2D eigenvalue weighted by Crippen LogP contribution is -2.51. The number of ether oxygens (including phenoxy) is 1. The van der Waals surface area contributed by atoms with Gasteiger partial charge in [0.15, 0.2) is 0 Å². The van der Waals surface area contributed by atoms with Crippen molar-refractivity contribution in [3.63, 3.8) is 0 Å². The first kappa shape index (κ1) is 28.6. The number of sulfonamides is 1. The van der Waals surface area contributed by atoms with E-state index in [1.165, 1.54) is 55.3 Å². The Bertz CT molecular complexity index is 1380. The Kier molecular flexibility index (Phi) is 9.46. The second-order valence-corrected chi connectivity index (χ2v) is 10.6. The Morgan fingerprint density at radius 2 is 1.71 bits per heavy atom. The minimum Gasteiger partial charge on any atom is -0.497 e. The van der Waals surface area contributed by atoms with Crippen molar-refractivity contribution in [1.82, 2.24) is 10.2 Å². The molecule has 0 saturated heterocycles. The van der Waals surface area contributed by atoms with Crippen molar-refractivity contribution >= 4 is 27.5 Å². The quantitative estimate of drug-likeness (QED) is 0.397. The fraction of sp³-hybridized carbons (Fsp3) is 0.286. The highest BCUT2D eigenvalue weighted by atomic mass is 32.2. The van der Waals surface area contributed by atoms with E-state index in [0.717, 1.165) is 9.87 Å². The molecule has 0 bridgehead atoms. The van der Waals surface area contributed by atoms with Gasteiger partial charge in [0.25, 0.3) is 10.0 Å². The maximum atomic E-state index is 14.5. The second-order valence-electron chi connectivity index (χ2n) is 8.71. The minimum atomic E-state index is -4.21. The van der Waals surface area contributed by atoms with Crippen LogP contribution in [0.3, 0.4) is 0 Å². The predicted molar refractivity (Wildman–Crippen MR) is 144 cm³/mol. The molecule has 0 aliphatic heterocycles. The van der Waals surface area contributed by atoms with Crippen LogP contribution in [0.5, 0.6) is 5.75 Å². The number of halogens is 1. The van der Waals surface area contributed by atoms with Gasteiger partial charge in [-0.15, -0.1) is 0 Å². The zero-order chi connectivity index (χ0) is 27.9. The van der Waals surface area contributed by atoms with Gasteiger partial charge in [-0.25, -0.2) is 12.8 Å². The van der Waals surface area contributed by atoms with Crippen molar-refractivity contribution in [2.45, 2.75) is 38.3 Å². The number of carbonyl (C=O) groups excluding carboxylic acids is 2. The van der Waals surface area contributed by atoms with E-state index in [0.29, 0.717) is 12.3 Å². The molecule has 202 valence electrons. The Hall–Kier alpha value is -3.92. The summed E-state index contributed by atoms with van der Waals surface area (Å²) in [6, 6.07) is 17.5. The maximum absolute atomic E-state index is 14.5. The molecule has 3 rings (SSSR count). The van der Waals surface area contributed by atoms with Crippen LogP contribution in [0.25, 0.3) is 0 Å². The number of hydrogen-bond donors (Lipinski definition) is 1. The number of carbonyl (C=O) groups is 2. The van der Waals surface area contributed by atoms with Crippen molar-refractivity contribution in [3.05, 3.63) is 89.7 Å². The van der Waals surface area contributed by atoms with Crippen molar-refractivity contribution < 1.29 is 27.1 Å². The first-order valence-corrected chi connectivity index (χ1v) is 13.6. The average molecular weight is 542 g/mol. The summed E-state index contributed by atoms with van der Waals surface area (Å²) in [4.78, 5) is 27.7. The third kappa shape index (κ3) is 6.69. The molecular weight excluding hydrogens is 509 g/mol. The summed E-state index contributed by atoms with van der Waals surface area (Å²) in [5.74, 6) is -1.25. The number of benzene rings is 3. The van der Waals surface area contributed by atoms with Gasteiger partial charge in [0.2, 0.25) is 11.8 Å². The van der Waals surface area contributed by atoms with Crippen LogP contribution in [0.4, 0.5) is 10.1 Å². The monoisotopic (exact) mass is 541 g/mol. The van der Waals surface area contributed by atoms with Gasteiger partial charge in [-0.3, -0.25) is 13.9 Å². The first-order chi connectivity index (χ1) is 18.1. The average Bonchev–Trinajstić information content (AvgIpc) is 2.91. The molecule has 10 heteroatoms. The Morgan fingerprint density at radius 3 is 2.34 bits per heavy atom. The standard InChI is InChI=1S/C28H32FN3O5S/c1-5-30-28(34)21(3)31(18-22-9-6-7-12-26(22)29)27(33)19-32(23-10-8-11-24(17-23)37-4)38(35,36)25-15-13-20(2)14-16-25/h6-17,21H,5,18-19H2,1-4H3,(H,30,34)/t21-/m0/s1. The zero-order valence-electron chi connectivity index (χ0n) is 21.8. The molecule has 0 fully saturated rings. The number of aryl methyl sites for hydroxylation is 1. The summed E-state index contributed by atoms with van der Waals surface area (Å²) in [7, 11) is -2.75. The van der Waals surface area contributed by atoms with Crippen molar-refractivity contribution in [2.75, 3.05) is 24.5 Å².